The van der Waals surface area contributed by atoms with Gasteiger partial charge in [-0.25, -0.2) is 9.78 Å². The molecule has 5 unspecified atom stereocenters. The van der Waals surface area contributed by atoms with Gasteiger partial charge in [0.1, 0.15) is 18.1 Å². The van der Waals surface area contributed by atoms with E-state index in [1.807, 2.05) is 19.1 Å². The van der Waals surface area contributed by atoms with E-state index in [2.05, 4.69) is 28.6 Å². The second-order valence-electron chi connectivity index (χ2n) is 10.9. The Hall–Kier alpha value is -3.07. The van der Waals surface area contributed by atoms with Crippen molar-refractivity contribution < 1.29 is 23.9 Å². The Morgan fingerprint density at radius 2 is 2.14 bits per heavy atom. The van der Waals surface area contributed by atoms with Crippen LogP contribution in [0, 0.1) is 30.1 Å². The standard InChI is InChI=1S/C28H33N3O5S/c1-16-13-30-27(37-16)31-24(34)8-4-18-12-23(33)28(2)10-9-21-20-7-5-19(36-25(35)14-29-15-32)11-17(20)3-6-22(21)26(18)28/h5,7,11,13,15,18,21-22,26H,3-4,6,8-10,12,14H2,1-2H3,(H,29,32)(H,30,31,34). The van der Waals surface area contributed by atoms with E-state index >= 15 is 0 Å². The average molecular weight is 524 g/mol. The van der Waals surface area contributed by atoms with Crippen LogP contribution >= 0.6 is 11.3 Å². The van der Waals surface area contributed by atoms with E-state index in [4.69, 9.17) is 4.74 Å². The molecule has 0 spiro atoms. The second kappa shape index (κ2) is 10.4. The van der Waals surface area contributed by atoms with Gasteiger partial charge in [-0.15, -0.1) is 11.3 Å². The molecule has 1 aromatic heterocycles. The van der Waals surface area contributed by atoms with Gasteiger partial charge >= 0.3 is 5.97 Å². The van der Waals surface area contributed by atoms with Crippen LogP contribution in [0.15, 0.2) is 24.4 Å². The normalized spacial score (nSPS) is 28.0. The SMILES string of the molecule is Cc1cnc(NC(=O)CCC2CC(=O)C3(C)CCC4c5ccc(OC(=O)CNC=O)cc5CCC4C23)s1. The molecule has 196 valence electrons. The Bertz CT molecular complexity index is 1230. The highest BCUT2D eigenvalue weighted by molar-refractivity contribution is 7.15. The Labute approximate surface area is 220 Å². The first kappa shape index (κ1) is 25.6. The number of anilines is 1. The number of ketones is 1. The number of rotatable bonds is 8. The van der Waals surface area contributed by atoms with Crippen molar-refractivity contribution in [3.8, 4) is 5.75 Å². The summed E-state index contributed by atoms with van der Waals surface area (Å²) in [5, 5.41) is 5.85. The van der Waals surface area contributed by atoms with E-state index in [9.17, 15) is 19.2 Å². The van der Waals surface area contributed by atoms with E-state index in [0.29, 0.717) is 54.2 Å². The lowest BCUT2D eigenvalue weighted by Gasteiger charge is -2.50. The van der Waals surface area contributed by atoms with Crippen LogP contribution in [0.1, 0.15) is 67.4 Å². The van der Waals surface area contributed by atoms with E-state index in [-0.39, 0.29) is 29.7 Å². The first-order valence-corrected chi connectivity index (χ1v) is 13.9. The van der Waals surface area contributed by atoms with Crippen molar-refractivity contribution in [2.75, 3.05) is 11.9 Å². The number of thiazole rings is 1. The number of aryl methyl sites for hydroxylation is 2. The van der Waals surface area contributed by atoms with Crippen molar-refractivity contribution >= 4 is 40.5 Å². The molecule has 2 fully saturated rings. The summed E-state index contributed by atoms with van der Waals surface area (Å²) in [4.78, 5) is 53.5. The number of aromatic nitrogens is 1. The Morgan fingerprint density at radius 1 is 1.30 bits per heavy atom. The topological polar surface area (TPSA) is 114 Å². The number of amides is 2. The monoisotopic (exact) mass is 523 g/mol. The molecular formula is C28H33N3O5S. The number of carbonyl (C=O) groups excluding carboxylic acids is 4. The third-order valence-electron chi connectivity index (χ3n) is 8.71. The molecule has 9 heteroatoms. The predicted molar refractivity (Wildman–Crippen MR) is 139 cm³/mol. The van der Waals surface area contributed by atoms with Crippen LogP contribution in [0.25, 0.3) is 0 Å². The number of esters is 1. The van der Waals surface area contributed by atoms with Crippen molar-refractivity contribution in [2.24, 2.45) is 23.2 Å². The number of hydrogen-bond donors (Lipinski definition) is 2. The summed E-state index contributed by atoms with van der Waals surface area (Å²) in [5.41, 5.74) is 2.17. The first-order chi connectivity index (χ1) is 17.8. The summed E-state index contributed by atoms with van der Waals surface area (Å²) in [6, 6.07) is 5.84. The van der Waals surface area contributed by atoms with Crippen molar-refractivity contribution in [1.82, 2.24) is 10.3 Å². The molecule has 5 rings (SSSR count). The fourth-order valence-electron chi connectivity index (χ4n) is 7.15. The summed E-state index contributed by atoms with van der Waals surface area (Å²) in [7, 11) is 0. The average Bonchev–Trinajstić information content (AvgIpc) is 3.40. The molecule has 3 aliphatic carbocycles. The largest absolute Gasteiger partial charge is 0.425 e. The number of nitrogens with one attached hydrogen (secondary N) is 2. The molecule has 2 N–H and O–H groups in total. The Morgan fingerprint density at radius 3 is 2.89 bits per heavy atom. The molecule has 1 aromatic carbocycles. The molecule has 0 saturated heterocycles. The third kappa shape index (κ3) is 5.06. The third-order valence-corrected chi connectivity index (χ3v) is 9.54. The van der Waals surface area contributed by atoms with Crippen LogP contribution < -0.4 is 15.4 Å². The molecule has 5 atom stereocenters. The van der Waals surface area contributed by atoms with Crippen LogP contribution in [0.3, 0.4) is 0 Å². The summed E-state index contributed by atoms with van der Waals surface area (Å²) in [5.74, 6) is 1.55. The molecule has 2 aromatic rings. The van der Waals surface area contributed by atoms with E-state index in [1.54, 1.807) is 6.20 Å². The smallest absolute Gasteiger partial charge is 0.330 e. The molecule has 2 amide bonds. The maximum absolute atomic E-state index is 13.2. The highest BCUT2D eigenvalue weighted by Gasteiger charge is 2.58. The quantitative estimate of drug-likeness (QED) is 0.305. The van der Waals surface area contributed by atoms with E-state index in [1.165, 1.54) is 22.5 Å². The van der Waals surface area contributed by atoms with Crippen LogP contribution in [0.5, 0.6) is 5.75 Å². The van der Waals surface area contributed by atoms with Crippen LogP contribution in [-0.4, -0.2) is 35.6 Å². The Balaban J connectivity index is 1.29. The number of benzene rings is 1. The molecule has 2 saturated carbocycles. The maximum atomic E-state index is 13.2. The molecule has 1 heterocycles. The number of fused-ring (bicyclic) bond motifs is 5. The number of nitrogens with zero attached hydrogens (tertiary/aromatic N) is 1. The van der Waals surface area contributed by atoms with Crippen molar-refractivity contribution in [1.29, 1.82) is 0 Å². The number of carbonyl (C=O) groups is 4. The number of Topliss-reactive ketones (excluding diaryl/α,β-unsaturated/α-hetero) is 1. The van der Waals surface area contributed by atoms with Gasteiger partial charge in [0, 0.05) is 29.3 Å². The fraction of sp³-hybridized carbons (Fsp3) is 0.536. The van der Waals surface area contributed by atoms with Gasteiger partial charge in [-0.2, -0.15) is 0 Å². The highest BCUT2D eigenvalue weighted by atomic mass is 32.1. The van der Waals surface area contributed by atoms with Gasteiger partial charge in [0.05, 0.1) is 0 Å². The lowest BCUT2D eigenvalue weighted by Crippen LogP contribution is -2.44. The zero-order valence-electron chi connectivity index (χ0n) is 21.2. The lowest BCUT2D eigenvalue weighted by molar-refractivity contribution is -0.134. The van der Waals surface area contributed by atoms with Crippen molar-refractivity contribution in [3.63, 3.8) is 0 Å². The molecule has 8 nitrogen and oxygen atoms in total. The molecule has 0 bridgehead atoms. The molecule has 37 heavy (non-hydrogen) atoms. The fourth-order valence-corrected chi connectivity index (χ4v) is 7.83. The molecular weight excluding hydrogens is 490 g/mol. The number of ether oxygens (including phenoxy) is 1. The van der Waals surface area contributed by atoms with Gasteiger partial charge in [0.2, 0.25) is 12.3 Å². The zero-order valence-corrected chi connectivity index (χ0v) is 22.1. The second-order valence-corrected chi connectivity index (χ2v) is 12.1. The minimum absolute atomic E-state index is 0.0397. The minimum atomic E-state index is -0.504. The van der Waals surface area contributed by atoms with E-state index in [0.717, 1.165) is 30.6 Å². The lowest BCUT2D eigenvalue weighted by atomic mass is 9.54. The highest BCUT2D eigenvalue weighted by Crippen LogP contribution is 2.62. The summed E-state index contributed by atoms with van der Waals surface area (Å²) < 4.78 is 5.39. The first-order valence-electron chi connectivity index (χ1n) is 13.0. The van der Waals surface area contributed by atoms with Crippen molar-refractivity contribution in [2.45, 2.75) is 64.7 Å². The maximum Gasteiger partial charge on any atom is 0.330 e. The molecule has 0 aliphatic heterocycles. The zero-order chi connectivity index (χ0) is 26.2. The van der Waals surface area contributed by atoms with Gasteiger partial charge in [0.25, 0.3) is 0 Å². The van der Waals surface area contributed by atoms with Crippen LogP contribution in [0.2, 0.25) is 0 Å². The molecule has 3 aliphatic rings. The van der Waals surface area contributed by atoms with Gasteiger partial charge in [-0.05, 0) is 86.0 Å². The van der Waals surface area contributed by atoms with Crippen LogP contribution in [-0.2, 0) is 25.6 Å². The van der Waals surface area contributed by atoms with Gasteiger partial charge in [-0.3, -0.25) is 14.4 Å². The van der Waals surface area contributed by atoms with E-state index < -0.39 is 5.97 Å². The summed E-state index contributed by atoms with van der Waals surface area (Å²) >= 11 is 1.47. The summed E-state index contributed by atoms with van der Waals surface area (Å²) in [6.07, 6.45) is 7.57. The van der Waals surface area contributed by atoms with Gasteiger partial charge in [0.15, 0.2) is 5.13 Å². The minimum Gasteiger partial charge on any atom is -0.425 e. The Kier molecular flexibility index (Phi) is 7.16. The van der Waals surface area contributed by atoms with Crippen LogP contribution in [0.4, 0.5) is 5.13 Å². The molecule has 0 radical (unpaired) electrons. The number of hydrogen-bond acceptors (Lipinski definition) is 7. The van der Waals surface area contributed by atoms with Gasteiger partial charge in [-0.1, -0.05) is 13.0 Å². The van der Waals surface area contributed by atoms with Crippen molar-refractivity contribution in [3.05, 3.63) is 40.4 Å². The predicted octanol–water partition coefficient (Wildman–Crippen LogP) is 4.17. The van der Waals surface area contributed by atoms with Gasteiger partial charge < -0.3 is 15.4 Å². The summed E-state index contributed by atoms with van der Waals surface area (Å²) in [6.45, 7) is 3.95.